The number of aromatic nitrogens is 2. The molecule has 0 spiro atoms. The molecular formula is C9H15N3O3S. The Kier molecular flexibility index (Phi) is 3.25. The normalized spacial score (nSPS) is 23.7. The smallest absolute Gasteiger partial charge is 0.227 e. The number of nitrogens with one attached hydrogen (secondary N) is 1. The Labute approximate surface area is 94.3 Å². The van der Waals surface area contributed by atoms with Crippen LogP contribution in [0.3, 0.4) is 0 Å². The number of rotatable bonds is 4. The monoisotopic (exact) mass is 245 g/mol. The van der Waals surface area contributed by atoms with Crippen LogP contribution in [0.5, 0.6) is 0 Å². The van der Waals surface area contributed by atoms with Gasteiger partial charge >= 0.3 is 0 Å². The van der Waals surface area contributed by atoms with E-state index >= 15 is 0 Å². The van der Waals surface area contributed by atoms with Gasteiger partial charge in [0.1, 0.15) is 0 Å². The Bertz CT molecular complexity index is 454. The van der Waals surface area contributed by atoms with Crippen molar-refractivity contribution in [1.29, 1.82) is 0 Å². The molecule has 6 nitrogen and oxygen atoms in total. The van der Waals surface area contributed by atoms with Crippen molar-refractivity contribution in [3.8, 4) is 0 Å². The van der Waals surface area contributed by atoms with Crippen molar-refractivity contribution in [2.75, 3.05) is 12.8 Å². The first-order chi connectivity index (χ1) is 7.62. The Hall–Kier alpha value is -0.950. The minimum Gasteiger partial charge on any atom is -0.339 e. The van der Waals surface area contributed by atoms with Gasteiger partial charge in [-0.15, -0.1) is 0 Å². The van der Waals surface area contributed by atoms with Crippen LogP contribution in [-0.4, -0.2) is 36.6 Å². The molecule has 0 aliphatic carbocycles. The molecule has 1 aliphatic heterocycles. The molecule has 0 aromatic carbocycles. The van der Waals surface area contributed by atoms with E-state index in [-0.39, 0.29) is 11.0 Å². The average molecular weight is 245 g/mol. The van der Waals surface area contributed by atoms with E-state index in [1.54, 1.807) is 7.05 Å². The molecule has 1 aromatic rings. The van der Waals surface area contributed by atoms with Crippen molar-refractivity contribution >= 4 is 9.84 Å². The third-order valence-corrected chi connectivity index (χ3v) is 4.99. The molecule has 2 rings (SSSR count). The summed E-state index contributed by atoms with van der Waals surface area (Å²) in [7, 11) is -1.14. The number of hydrogen-bond acceptors (Lipinski definition) is 6. The molecule has 7 heteroatoms. The highest BCUT2D eigenvalue weighted by Crippen LogP contribution is 2.22. The second-order valence-corrected chi connectivity index (χ2v) is 6.37. The molecule has 2 heterocycles. The van der Waals surface area contributed by atoms with E-state index in [2.05, 4.69) is 15.5 Å². The second kappa shape index (κ2) is 4.50. The SMILES string of the molecule is CNCc1noc(CC2CCCS2(=O)=O)n1. The maximum atomic E-state index is 11.6. The predicted octanol–water partition coefficient (Wildman–Crippen LogP) is -0.0913. The van der Waals surface area contributed by atoms with Crippen LogP contribution in [0.25, 0.3) is 0 Å². The molecule has 1 unspecified atom stereocenters. The summed E-state index contributed by atoms with van der Waals surface area (Å²) in [6.45, 7) is 0.529. The van der Waals surface area contributed by atoms with Crippen LogP contribution < -0.4 is 5.32 Å². The first kappa shape index (κ1) is 11.5. The van der Waals surface area contributed by atoms with Gasteiger partial charge in [0.15, 0.2) is 15.7 Å². The van der Waals surface area contributed by atoms with Gasteiger partial charge in [0.05, 0.1) is 17.5 Å². The van der Waals surface area contributed by atoms with Crippen molar-refractivity contribution in [1.82, 2.24) is 15.5 Å². The lowest BCUT2D eigenvalue weighted by atomic mass is 10.2. The fourth-order valence-electron chi connectivity index (χ4n) is 1.89. The van der Waals surface area contributed by atoms with Crippen molar-refractivity contribution in [2.24, 2.45) is 0 Å². The van der Waals surface area contributed by atoms with Crippen molar-refractivity contribution < 1.29 is 12.9 Å². The van der Waals surface area contributed by atoms with E-state index in [0.29, 0.717) is 31.1 Å². The van der Waals surface area contributed by atoms with Gasteiger partial charge in [-0.3, -0.25) is 0 Å². The van der Waals surface area contributed by atoms with Gasteiger partial charge in [-0.2, -0.15) is 4.98 Å². The molecule has 90 valence electrons. The summed E-state index contributed by atoms with van der Waals surface area (Å²) in [6, 6.07) is 0. The molecule has 0 bridgehead atoms. The van der Waals surface area contributed by atoms with Crippen molar-refractivity contribution in [3.05, 3.63) is 11.7 Å². The van der Waals surface area contributed by atoms with Crippen LogP contribution >= 0.6 is 0 Å². The first-order valence-corrected chi connectivity index (χ1v) is 7.01. The van der Waals surface area contributed by atoms with E-state index in [1.165, 1.54) is 0 Å². The van der Waals surface area contributed by atoms with E-state index in [0.717, 1.165) is 6.42 Å². The van der Waals surface area contributed by atoms with Gasteiger partial charge in [0.25, 0.3) is 0 Å². The Morgan fingerprint density at radius 3 is 3.00 bits per heavy atom. The van der Waals surface area contributed by atoms with Crippen LogP contribution in [0.1, 0.15) is 24.6 Å². The largest absolute Gasteiger partial charge is 0.339 e. The summed E-state index contributed by atoms with van der Waals surface area (Å²) in [4.78, 5) is 4.12. The molecule has 0 amide bonds. The minimum atomic E-state index is -2.93. The third-order valence-electron chi connectivity index (χ3n) is 2.71. The zero-order valence-corrected chi connectivity index (χ0v) is 9.96. The lowest BCUT2D eigenvalue weighted by Gasteiger charge is -2.04. The van der Waals surface area contributed by atoms with Crippen LogP contribution in [0.4, 0.5) is 0 Å². The standard InChI is InChI=1S/C9H15N3O3S/c1-10-6-8-11-9(15-12-8)5-7-3-2-4-16(7,13)14/h7,10H,2-6H2,1H3. The van der Waals surface area contributed by atoms with Gasteiger partial charge in [-0.1, -0.05) is 5.16 Å². The maximum Gasteiger partial charge on any atom is 0.227 e. The Morgan fingerprint density at radius 1 is 1.56 bits per heavy atom. The molecule has 16 heavy (non-hydrogen) atoms. The molecule has 1 aliphatic rings. The summed E-state index contributed by atoms with van der Waals surface area (Å²) < 4.78 is 28.2. The highest BCUT2D eigenvalue weighted by molar-refractivity contribution is 7.92. The molecule has 0 radical (unpaired) electrons. The van der Waals surface area contributed by atoms with Crippen LogP contribution in [0, 0.1) is 0 Å². The van der Waals surface area contributed by atoms with Crippen molar-refractivity contribution in [2.45, 2.75) is 31.1 Å². The second-order valence-electron chi connectivity index (χ2n) is 3.97. The fourth-order valence-corrected chi connectivity index (χ4v) is 3.71. The summed E-state index contributed by atoms with van der Waals surface area (Å²) in [5.41, 5.74) is 0. The molecule has 1 aromatic heterocycles. The topological polar surface area (TPSA) is 85.1 Å². The average Bonchev–Trinajstić information content (AvgIpc) is 2.76. The highest BCUT2D eigenvalue weighted by Gasteiger charge is 2.32. The summed E-state index contributed by atoms with van der Waals surface area (Å²) in [6.07, 6.45) is 1.79. The molecule has 1 atom stereocenters. The third kappa shape index (κ3) is 2.41. The van der Waals surface area contributed by atoms with Crippen LogP contribution in [0.15, 0.2) is 4.52 Å². The lowest BCUT2D eigenvalue weighted by Crippen LogP contribution is -2.18. The van der Waals surface area contributed by atoms with Gasteiger partial charge in [0, 0.05) is 6.42 Å². The number of hydrogen-bond donors (Lipinski definition) is 1. The van der Waals surface area contributed by atoms with E-state index in [4.69, 9.17) is 4.52 Å². The van der Waals surface area contributed by atoms with Gasteiger partial charge in [-0.25, -0.2) is 8.42 Å². The Balaban J connectivity index is 2.03. The summed E-state index contributed by atoms with van der Waals surface area (Å²) in [5.74, 6) is 1.27. The van der Waals surface area contributed by atoms with E-state index in [9.17, 15) is 8.42 Å². The minimum absolute atomic E-state index is 0.287. The molecule has 1 saturated heterocycles. The molecule has 1 N–H and O–H groups in total. The highest BCUT2D eigenvalue weighted by atomic mass is 32.2. The molecule has 0 saturated carbocycles. The van der Waals surface area contributed by atoms with Crippen molar-refractivity contribution in [3.63, 3.8) is 0 Å². The molecule has 1 fully saturated rings. The predicted molar refractivity (Wildman–Crippen MR) is 57.6 cm³/mol. The summed E-state index contributed by atoms with van der Waals surface area (Å²) >= 11 is 0. The summed E-state index contributed by atoms with van der Waals surface area (Å²) in [5, 5.41) is 6.32. The van der Waals surface area contributed by atoms with E-state index in [1.807, 2.05) is 0 Å². The fraction of sp³-hybridized carbons (Fsp3) is 0.778. The number of sulfone groups is 1. The maximum absolute atomic E-state index is 11.6. The van der Waals surface area contributed by atoms with Crippen LogP contribution in [0.2, 0.25) is 0 Å². The van der Waals surface area contributed by atoms with Crippen LogP contribution in [-0.2, 0) is 22.8 Å². The Morgan fingerprint density at radius 2 is 2.38 bits per heavy atom. The lowest BCUT2D eigenvalue weighted by molar-refractivity contribution is 0.369. The van der Waals surface area contributed by atoms with Gasteiger partial charge < -0.3 is 9.84 Å². The zero-order valence-electron chi connectivity index (χ0n) is 9.14. The first-order valence-electron chi connectivity index (χ1n) is 5.29. The number of nitrogens with zero attached hydrogens (tertiary/aromatic N) is 2. The van der Waals surface area contributed by atoms with E-state index < -0.39 is 9.84 Å². The quantitative estimate of drug-likeness (QED) is 0.798. The molecular weight excluding hydrogens is 230 g/mol. The zero-order chi connectivity index (χ0) is 11.6. The van der Waals surface area contributed by atoms with Gasteiger partial charge in [-0.05, 0) is 19.9 Å². The van der Waals surface area contributed by atoms with Gasteiger partial charge in [0.2, 0.25) is 5.89 Å².